The molecule has 0 aromatic heterocycles. The molecule has 0 fully saturated rings. The molecule has 0 unspecified atom stereocenters. The molecule has 1 rings (SSSR count). The van der Waals surface area contributed by atoms with Gasteiger partial charge >= 0.3 is 5.69 Å². The van der Waals surface area contributed by atoms with Crippen molar-refractivity contribution in [1.29, 1.82) is 0 Å². The summed E-state index contributed by atoms with van der Waals surface area (Å²) >= 11 is 0. The summed E-state index contributed by atoms with van der Waals surface area (Å²) in [5.41, 5.74) is 1.33. The first-order chi connectivity index (χ1) is 8.47. The summed E-state index contributed by atoms with van der Waals surface area (Å²) in [6.07, 6.45) is 1.83. The number of non-ortho nitro benzene ring substituents is 1. The van der Waals surface area contributed by atoms with Gasteiger partial charge < -0.3 is 5.43 Å². The predicted octanol–water partition coefficient (Wildman–Crippen LogP) is 1.16. The summed E-state index contributed by atoms with van der Waals surface area (Å²) in [7, 11) is 0. The third-order valence-corrected chi connectivity index (χ3v) is 1.64. The Labute approximate surface area is 101 Å². The van der Waals surface area contributed by atoms with Gasteiger partial charge in [0, 0.05) is 6.07 Å². The van der Waals surface area contributed by atoms with E-state index in [0.717, 1.165) is 12.1 Å². The fraction of sp³-hybridized carbons (Fsp3) is 0. The number of allylic oxidation sites excluding steroid dienone is 1. The first-order valence-electron chi connectivity index (χ1n) is 4.43. The minimum Gasteiger partial charge on any atom is -0.318 e. The Morgan fingerprint density at radius 1 is 1.28 bits per heavy atom. The standard InChI is InChI=1S/C6H6N4O4.C3H4O/c7-8-5-2-1-4(9(11)12)3-6(5)10(13)14;1-2-3-4/h1-3,8H,7H2;2-3H,1H2. The van der Waals surface area contributed by atoms with Crippen LogP contribution in [0.15, 0.2) is 30.9 Å². The van der Waals surface area contributed by atoms with E-state index in [1.807, 2.05) is 0 Å². The maximum absolute atomic E-state index is 10.4. The smallest absolute Gasteiger partial charge is 0.300 e. The number of aldehydes is 1. The SMILES string of the molecule is C=CC=O.NNc1ccc([N+](=O)[O-])cc1[N+](=O)[O-]. The first-order valence-corrected chi connectivity index (χ1v) is 4.43. The molecule has 0 heterocycles. The Kier molecular flexibility index (Phi) is 6.30. The lowest BCUT2D eigenvalue weighted by Gasteiger charge is -2.00. The number of rotatable bonds is 4. The number of carbonyl (C=O) groups excluding carboxylic acids is 1. The molecule has 96 valence electrons. The van der Waals surface area contributed by atoms with Crippen molar-refractivity contribution < 1.29 is 14.6 Å². The Balaban J connectivity index is 0.000000631. The molecule has 0 amide bonds. The minimum absolute atomic E-state index is 0.0283. The lowest BCUT2D eigenvalue weighted by molar-refractivity contribution is -0.393. The lowest BCUT2D eigenvalue weighted by Crippen LogP contribution is -2.09. The van der Waals surface area contributed by atoms with Crippen molar-refractivity contribution >= 4 is 23.3 Å². The number of anilines is 1. The molecule has 18 heavy (non-hydrogen) atoms. The Morgan fingerprint density at radius 2 is 1.83 bits per heavy atom. The average Bonchev–Trinajstić information content (AvgIpc) is 2.38. The maximum Gasteiger partial charge on any atom is 0.300 e. The number of nitro benzene ring substituents is 2. The molecule has 0 saturated carbocycles. The van der Waals surface area contributed by atoms with Crippen molar-refractivity contribution in [3.8, 4) is 0 Å². The molecule has 3 N–H and O–H groups in total. The summed E-state index contributed by atoms with van der Waals surface area (Å²) in [4.78, 5) is 28.3. The second-order valence-corrected chi connectivity index (χ2v) is 2.73. The number of hydrazine groups is 1. The molecule has 9 heteroatoms. The lowest BCUT2D eigenvalue weighted by atomic mass is 10.2. The van der Waals surface area contributed by atoms with Crippen LogP contribution in [0.25, 0.3) is 0 Å². The van der Waals surface area contributed by atoms with Crippen LogP contribution >= 0.6 is 0 Å². The summed E-state index contributed by atoms with van der Waals surface area (Å²) in [6, 6.07) is 3.15. The fourth-order valence-electron chi connectivity index (χ4n) is 0.907. The zero-order chi connectivity index (χ0) is 14.1. The zero-order valence-electron chi connectivity index (χ0n) is 9.11. The van der Waals surface area contributed by atoms with Gasteiger partial charge in [0.1, 0.15) is 12.0 Å². The minimum atomic E-state index is -0.748. The first kappa shape index (κ1) is 15.2. The molecule has 0 bridgehead atoms. The van der Waals surface area contributed by atoms with Crippen molar-refractivity contribution in [3.05, 3.63) is 51.1 Å². The second kappa shape index (κ2) is 7.46. The van der Waals surface area contributed by atoms with Gasteiger partial charge in [0.15, 0.2) is 0 Å². The molecular formula is C9H10N4O5. The van der Waals surface area contributed by atoms with Crippen LogP contribution in [0.1, 0.15) is 0 Å². The van der Waals surface area contributed by atoms with Crippen LogP contribution in [0.3, 0.4) is 0 Å². The van der Waals surface area contributed by atoms with Crippen LogP contribution in [0.2, 0.25) is 0 Å². The highest BCUT2D eigenvalue weighted by molar-refractivity contribution is 5.64. The topological polar surface area (TPSA) is 141 Å². The quantitative estimate of drug-likeness (QED) is 0.270. The molecule has 0 radical (unpaired) electrons. The van der Waals surface area contributed by atoms with Gasteiger partial charge in [0.25, 0.3) is 5.69 Å². The van der Waals surface area contributed by atoms with E-state index < -0.39 is 15.5 Å². The summed E-state index contributed by atoms with van der Waals surface area (Å²) in [5, 5.41) is 20.7. The number of carbonyl (C=O) groups is 1. The summed E-state index contributed by atoms with van der Waals surface area (Å²) in [6.45, 7) is 3.11. The van der Waals surface area contributed by atoms with E-state index in [-0.39, 0.29) is 11.4 Å². The summed E-state index contributed by atoms with van der Waals surface area (Å²) in [5.74, 6) is 4.99. The molecule has 0 atom stereocenters. The predicted molar refractivity (Wildman–Crippen MR) is 63.8 cm³/mol. The Bertz CT molecular complexity index is 468. The maximum atomic E-state index is 10.4. The molecule has 1 aromatic rings. The van der Waals surface area contributed by atoms with Gasteiger partial charge in [-0.25, -0.2) is 0 Å². The van der Waals surface area contributed by atoms with E-state index in [9.17, 15) is 20.2 Å². The number of benzene rings is 1. The van der Waals surface area contributed by atoms with E-state index in [1.165, 1.54) is 12.1 Å². The second-order valence-electron chi connectivity index (χ2n) is 2.73. The highest BCUT2D eigenvalue weighted by atomic mass is 16.6. The van der Waals surface area contributed by atoms with E-state index >= 15 is 0 Å². The van der Waals surface area contributed by atoms with Crippen LogP contribution in [0.5, 0.6) is 0 Å². The molecular weight excluding hydrogens is 244 g/mol. The van der Waals surface area contributed by atoms with Crippen LogP contribution in [-0.2, 0) is 4.79 Å². The van der Waals surface area contributed by atoms with Crippen molar-refractivity contribution in [2.24, 2.45) is 5.84 Å². The van der Waals surface area contributed by atoms with Gasteiger partial charge in [-0.1, -0.05) is 6.58 Å². The van der Waals surface area contributed by atoms with Gasteiger partial charge in [-0.05, 0) is 12.1 Å². The van der Waals surface area contributed by atoms with Gasteiger partial charge in [0.2, 0.25) is 0 Å². The van der Waals surface area contributed by atoms with E-state index in [0.29, 0.717) is 6.29 Å². The van der Waals surface area contributed by atoms with Gasteiger partial charge in [0.05, 0.1) is 15.9 Å². The van der Waals surface area contributed by atoms with Gasteiger partial charge in [-0.2, -0.15) is 0 Å². The number of hydrogen-bond donors (Lipinski definition) is 2. The molecule has 0 saturated heterocycles. The highest BCUT2D eigenvalue weighted by Gasteiger charge is 2.18. The zero-order valence-corrected chi connectivity index (χ0v) is 9.11. The van der Waals surface area contributed by atoms with Crippen LogP contribution in [0.4, 0.5) is 17.1 Å². The third-order valence-electron chi connectivity index (χ3n) is 1.64. The van der Waals surface area contributed by atoms with Gasteiger partial charge in [-0.3, -0.25) is 30.9 Å². The molecule has 0 aliphatic rings. The Morgan fingerprint density at radius 3 is 2.17 bits per heavy atom. The highest BCUT2D eigenvalue weighted by Crippen LogP contribution is 2.27. The van der Waals surface area contributed by atoms with E-state index in [2.05, 4.69) is 12.0 Å². The van der Waals surface area contributed by atoms with Crippen LogP contribution in [0, 0.1) is 20.2 Å². The average molecular weight is 254 g/mol. The van der Waals surface area contributed by atoms with Crippen LogP contribution < -0.4 is 11.3 Å². The van der Waals surface area contributed by atoms with E-state index in [4.69, 9.17) is 10.6 Å². The number of nitro groups is 2. The number of hydrogen-bond acceptors (Lipinski definition) is 7. The van der Waals surface area contributed by atoms with E-state index in [1.54, 1.807) is 0 Å². The largest absolute Gasteiger partial charge is 0.318 e. The summed E-state index contributed by atoms with van der Waals surface area (Å²) < 4.78 is 0. The fourth-order valence-corrected chi connectivity index (χ4v) is 0.907. The molecule has 1 aromatic carbocycles. The number of nitrogens with zero attached hydrogens (tertiary/aromatic N) is 2. The number of nitrogens with two attached hydrogens (primary N) is 1. The monoisotopic (exact) mass is 254 g/mol. The molecule has 0 spiro atoms. The number of nitrogen functional groups attached to an aromatic ring is 1. The number of nitrogens with one attached hydrogen (secondary N) is 1. The molecule has 0 aliphatic heterocycles. The van der Waals surface area contributed by atoms with Gasteiger partial charge in [-0.15, -0.1) is 0 Å². The van der Waals surface area contributed by atoms with Crippen molar-refractivity contribution in [3.63, 3.8) is 0 Å². The molecule has 9 nitrogen and oxygen atoms in total. The normalized spacial score (nSPS) is 8.50. The Hall–Kier alpha value is -2.81. The van der Waals surface area contributed by atoms with Crippen molar-refractivity contribution in [2.75, 3.05) is 5.43 Å². The third kappa shape index (κ3) is 4.37. The van der Waals surface area contributed by atoms with Crippen molar-refractivity contribution in [1.82, 2.24) is 0 Å². The molecule has 0 aliphatic carbocycles. The van der Waals surface area contributed by atoms with Crippen LogP contribution in [-0.4, -0.2) is 16.1 Å². The van der Waals surface area contributed by atoms with Crippen molar-refractivity contribution in [2.45, 2.75) is 0 Å².